The van der Waals surface area contributed by atoms with Crippen molar-refractivity contribution in [1.29, 1.82) is 0 Å². The van der Waals surface area contributed by atoms with Crippen LogP contribution in [0.4, 0.5) is 0 Å². The van der Waals surface area contributed by atoms with Crippen molar-refractivity contribution in [2.45, 2.75) is 26.1 Å². The minimum absolute atomic E-state index is 0. The molecule has 0 radical (unpaired) electrons. The highest BCUT2D eigenvalue weighted by atomic mass is 35.5. The van der Waals surface area contributed by atoms with Gasteiger partial charge in [0, 0.05) is 23.0 Å². The van der Waals surface area contributed by atoms with Gasteiger partial charge in [-0.1, -0.05) is 61.5 Å². The second kappa shape index (κ2) is 11.0. The summed E-state index contributed by atoms with van der Waals surface area (Å²) < 4.78 is 5.48. The molecule has 2 aromatic carbocycles. The first-order valence-corrected chi connectivity index (χ1v) is 10.2. The summed E-state index contributed by atoms with van der Waals surface area (Å²) in [6, 6.07) is 21.3. The number of amides is 1. The summed E-state index contributed by atoms with van der Waals surface area (Å²) in [7, 11) is 1.65. The molecule has 0 saturated carbocycles. The maximum Gasteiger partial charge on any atom is 0.227 e. The molecule has 0 aliphatic carbocycles. The number of rotatable bonds is 8. The second-order valence-electron chi connectivity index (χ2n) is 6.81. The number of carbonyl (C=O) groups excluding carboxylic acids is 1. The second-order valence-corrected chi connectivity index (χ2v) is 7.84. The zero-order valence-corrected chi connectivity index (χ0v) is 18.3. The molecule has 3 rings (SSSR count). The van der Waals surface area contributed by atoms with Crippen LogP contribution in [-0.4, -0.2) is 17.9 Å². The van der Waals surface area contributed by atoms with Crippen molar-refractivity contribution in [2.75, 3.05) is 7.11 Å². The van der Waals surface area contributed by atoms with Gasteiger partial charge in [0.2, 0.25) is 5.91 Å². The number of methoxy groups -OCH3 is 1. The highest BCUT2D eigenvalue weighted by Crippen LogP contribution is 2.26. The summed E-state index contributed by atoms with van der Waals surface area (Å²) in [4.78, 5) is 16.4. The molecule has 0 spiro atoms. The first-order valence-electron chi connectivity index (χ1n) is 9.33. The fourth-order valence-electron chi connectivity index (χ4n) is 3.25. The molecule has 1 aromatic heterocycles. The Bertz CT molecular complexity index is 887. The fraction of sp³-hybridized carbons (Fsp3) is 0.261. The highest BCUT2D eigenvalue weighted by Gasteiger charge is 2.27. The predicted octanol–water partition coefficient (Wildman–Crippen LogP) is 5.04. The first-order chi connectivity index (χ1) is 13.6. The van der Waals surface area contributed by atoms with E-state index in [2.05, 4.69) is 6.07 Å². The number of carbonyl (C=O) groups is 1. The van der Waals surface area contributed by atoms with E-state index in [-0.39, 0.29) is 30.3 Å². The zero-order chi connectivity index (χ0) is 19.9. The van der Waals surface area contributed by atoms with Gasteiger partial charge in [-0.3, -0.25) is 4.79 Å². The van der Waals surface area contributed by atoms with Crippen LogP contribution >= 0.6 is 23.7 Å². The maximum absolute atomic E-state index is 13.4. The fourth-order valence-corrected chi connectivity index (χ4v) is 3.97. The van der Waals surface area contributed by atoms with E-state index in [0.29, 0.717) is 13.1 Å². The Balaban J connectivity index is 0.00000300. The minimum Gasteiger partial charge on any atom is -0.496 e. The molecule has 2 N–H and O–H groups in total. The smallest absolute Gasteiger partial charge is 0.227 e. The van der Waals surface area contributed by atoms with E-state index < -0.39 is 0 Å². The largest absolute Gasteiger partial charge is 0.496 e. The van der Waals surface area contributed by atoms with Gasteiger partial charge in [0.05, 0.1) is 19.6 Å². The van der Waals surface area contributed by atoms with Gasteiger partial charge < -0.3 is 15.4 Å². The molecule has 2 unspecified atom stereocenters. The van der Waals surface area contributed by atoms with Crippen molar-refractivity contribution >= 4 is 29.7 Å². The van der Waals surface area contributed by atoms with Crippen molar-refractivity contribution in [3.63, 3.8) is 0 Å². The Morgan fingerprint density at radius 1 is 1.03 bits per heavy atom. The summed E-state index contributed by atoms with van der Waals surface area (Å²) in [6.45, 7) is 2.94. The summed E-state index contributed by atoms with van der Waals surface area (Å²) in [5.74, 6) is 0.485. The van der Waals surface area contributed by atoms with Crippen LogP contribution in [0.5, 0.6) is 5.75 Å². The SMILES string of the molecule is COc1ccccc1CN(Cc1cccs1)C(=O)C(C)C(N)c1ccccc1.Cl. The highest BCUT2D eigenvalue weighted by molar-refractivity contribution is 7.09. The van der Waals surface area contributed by atoms with E-state index in [4.69, 9.17) is 10.5 Å². The van der Waals surface area contributed by atoms with E-state index in [0.717, 1.165) is 21.8 Å². The van der Waals surface area contributed by atoms with Crippen LogP contribution < -0.4 is 10.5 Å². The molecule has 0 saturated heterocycles. The lowest BCUT2D eigenvalue weighted by Crippen LogP contribution is -2.38. The van der Waals surface area contributed by atoms with Crippen molar-refractivity contribution < 1.29 is 9.53 Å². The summed E-state index contributed by atoms with van der Waals surface area (Å²) >= 11 is 1.65. The molecule has 6 heteroatoms. The molecule has 0 fully saturated rings. The van der Waals surface area contributed by atoms with Crippen molar-refractivity contribution in [2.24, 2.45) is 11.7 Å². The number of hydrogen-bond donors (Lipinski definition) is 1. The zero-order valence-electron chi connectivity index (χ0n) is 16.7. The molecule has 2 atom stereocenters. The maximum atomic E-state index is 13.4. The van der Waals surface area contributed by atoms with Gasteiger partial charge in [0.1, 0.15) is 5.75 Å². The predicted molar refractivity (Wildman–Crippen MR) is 121 cm³/mol. The van der Waals surface area contributed by atoms with Gasteiger partial charge in [-0.05, 0) is 23.1 Å². The van der Waals surface area contributed by atoms with Gasteiger partial charge in [0.25, 0.3) is 0 Å². The summed E-state index contributed by atoms with van der Waals surface area (Å²) in [6.07, 6.45) is 0. The molecule has 3 aromatic rings. The van der Waals surface area contributed by atoms with Crippen LogP contribution in [0.3, 0.4) is 0 Å². The summed E-state index contributed by atoms with van der Waals surface area (Å²) in [5.41, 5.74) is 8.38. The molecule has 1 amide bonds. The third-order valence-corrected chi connectivity index (χ3v) is 5.77. The lowest BCUT2D eigenvalue weighted by atomic mass is 9.94. The minimum atomic E-state index is -0.350. The van der Waals surface area contributed by atoms with Crippen LogP contribution in [0.25, 0.3) is 0 Å². The first kappa shape index (κ1) is 22.9. The van der Waals surface area contributed by atoms with E-state index in [1.165, 1.54) is 0 Å². The Hall–Kier alpha value is -2.34. The molecule has 154 valence electrons. The molecule has 1 heterocycles. The van der Waals surface area contributed by atoms with Crippen molar-refractivity contribution in [1.82, 2.24) is 4.90 Å². The number of thiophene rings is 1. The average Bonchev–Trinajstić information content (AvgIpc) is 3.26. The lowest BCUT2D eigenvalue weighted by molar-refractivity contribution is -0.137. The monoisotopic (exact) mass is 430 g/mol. The molecule has 0 aliphatic heterocycles. The number of halogens is 1. The van der Waals surface area contributed by atoms with Crippen LogP contribution in [-0.2, 0) is 17.9 Å². The number of nitrogens with zero attached hydrogens (tertiary/aromatic N) is 1. The number of para-hydroxylation sites is 1. The Morgan fingerprint density at radius 3 is 2.38 bits per heavy atom. The average molecular weight is 431 g/mol. The third-order valence-electron chi connectivity index (χ3n) is 4.90. The summed E-state index contributed by atoms with van der Waals surface area (Å²) in [5, 5.41) is 2.03. The van der Waals surface area contributed by atoms with E-state index in [9.17, 15) is 4.79 Å². The van der Waals surface area contributed by atoms with E-state index in [1.54, 1.807) is 18.4 Å². The number of benzene rings is 2. The Morgan fingerprint density at radius 2 is 1.72 bits per heavy atom. The normalized spacial score (nSPS) is 12.5. The molecule has 4 nitrogen and oxygen atoms in total. The quantitative estimate of drug-likeness (QED) is 0.544. The van der Waals surface area contributed by atoms with E-state index >= 15 is 0 Å². The van der Waals surface area contributed by atoms with Gasteiger partial charge in [-0.2, -0.15) is 0 Å². The molecular formula is C23H27ClN2O2S. The van der Waals surface area contributed by atoms with Crippen LogP contribution in [0.2, 0.25) is 0 Å². The van der Waals surface area contributed by atoms with Gasteiger partial charge in [-0.15, -0.1) is 23.7 Å². The third kappa shape index (κ3) is 5.82. The molecule has 29 heavy (non-hydrogen) atoms. The van der Waals surface area contributed by atoms with E-state index in [1.807, 2.05) is 77.9 Å². The standard InChI is InChI=1S/C23H26N2O2S.ClH/c1-17(22(24)18-9-4-3-5-10-18)23(26)25(16-20-12-8-14-28-20)15-19-11-6-7-13-21(19)27-2;/h3-14,17,22H,15-16,24H2,1-2H3;1H. The Kier molecular flexibility index (Phi) is 8.70. The van der Waals surface area contributed by atoms with Gasteiger partial charge in [0.15, 0.2) is 0 Å². The van der Waals surface area contributed by atoms with Gasteiger partial charge in [-0.25, -0.2) is 0 Å². The molecule has 0 aliphatic rings. The topological polar surface area (TPSA) is 55.6 Å². The van der Waals surface area contributed by atoms with Crippen LogP contribution in [0, 0.1) is 5.92 Å². The molecule has 0 bridgehead atoms. The van der Waals surface area contributed by atoms with Crippen LogP contribution in [0.1, 0.15) is 29.0 Å². The van der Waals surface area contributed by atoms with Crippen molar-refractivity contribution in [3.05, 3.63) is 88.1 Å². The number of nitrogens with two attached hydrogens (primary N) is 1. The Labute approximate surface area is 182 Å². The molecular weight excluding hydrogens is 404 g/mol. The number of hydrogen-bond acceptors (Lipinski definition) is 4. The van der Waals surface area contributed by atoms with Gasteiger partial charge >= 0.3 is 0 Å². The van der Waals surface area contributed by atoms with Crippen molar-refractivity contribution in [3.8, 4) is 5.75 Å². The number of ether oxygens (including phenoxy) is 1. The van der Waals surface area contributed by atoms with Crippen LogP contribution in [0.15, 0.2) is 72.1 Å². The lowest BCUT2D eigenvalue weighted by Gasteiger charge is -2.29.